The van der Waals surface area contributed by atoms with Crippen LogP contribution in [0.25, 0.3) is 0 Å². The highest BCUT2D eigenvalue weighted by Crippen LogP contribution is 2.38. The molecular weight excluding hydrogens is 473 g/mol. The highest BCUT2D eigenvalue weighted by Gasteiger charge is 2.32. The number of hydrogen-bond donors (Lipinski definition) is 1. The van der Waals surface area contributed by atoms with E-state index in [-0.39, 0.29) is 53.3 Å². The Labute approximate surface area is 193 Å². The van der Waals surface area contributed by atoms with Gasteiger partial charge in [0.05, 0.1) is 23.7 Å². The Morgan fingerprint density at radius 2 is 1.94 bits per heavy atom. The number of ether oxygens (including phenoxy) is 2. The molecule has 1 N–H and O–H groups in total. The second-order valence-corrected chi connectivity index (χ2v) is 10.5. The summed E-state index contributed by atoms with van der Waals surface area (Å²) in [4.78, 5) is 25.8. The molecule has 0 radical (unpaired) electrons. The molecule has 1 aliphatic rings. The maximum Gasteiger partial charge on any atom is 0.341 e. The summed E-state index contributed by atoms with van der Waals surface area (Å²) < 4.78 is 53.2. The average Bonchev–Trinajstić information content (AvgIpc) is 3.37. The second-order valence-electron chi connectivity index (χ2n) is 7.23. The van der Waals surface area contributed by atoms with Crippen LogP contribution >= 0.6 is 11.3 Å². The van der Waals surface area contributed by atoms with Gasteiger partial charge in [-0.15, -0.1) is 11.3 Å². The van der Waals surface area contributed by atoms with Crippen molar-refractivity contribution in [3.63, 3.8) is 0 Å². The van der Waals surface area contributed by atoms with Crippen LogP contribution in [-0.4, -0.2) is 32.7 Å². The van der Waals surface area contributed by atoms with E-state index in [1.807, 2.05) is 0 Å². The molecule has 0 atom stereocenters. The van der Waals surface area contributed by atoms with Gasteiger partial charge in [0.1, 0.15) is 28.9 Å². The molecule has 1 aliphatic heterocycles. The molecule has 0 saturated heterocycles. The molecule has 0 unspecified atom stereocenters. The molecule has 0 fully saturated rings. The zero-order valence-electron chi connectivity index (χ0n) is 17.6. The van der Waals surface area contributed by atoms with Crippen LogP contribution in [0.5, 0.6) is 5.75 Å². The Morgan fingerprint density at radius 3 is 2.67 bits per heavy atom. The number of hydrogen-bond acceptors (Lipinski definition) is 8. The summed E-state index contributed by atoms with van der Waals surface area (Å²) in [6.45, 7) is 1.83. The van der Waals surface area contributed by atoms with Crippen molar-refractivity contribution >= 4 is 38.1 Å². The molecule has 3 aromatic rings. The van der Waals surface area contributed by atoms with Crippen molar-refractivity contribution in [1.29, 1.82) is 0 Å². The van der Waals surface area contributed by atoms with Crippen LogP contribution in [-0.2, 0) is 33.4 Å². The first-order chi connectivity index (χ1) is 15.8. The molecule has 0 spiro atoms. The quantitative estimate of drug-likeness (QED) is 0.496. The van der Waals surface area contributed by atoms with Crippen LogP contribution in [0.2, 0.25) is 0 Å². The van der Waals surface area contributed by atoms with Gasteiger partial charge in [-0.1, -0.05) is 0 Å². The van der Waals surface area contributed by atoms with E-state index >= 15 is 0 Å². The van der Waals surface area contributed by atoms with E-state index in [9.17, 15) is 22.4 Å². The number of carbonyl (C=O) groups is 2. The summed E-state index contributed by atoms with van der Waals surface area (Å²) in [5.41, 5.74) is 0.780. The summed E-state index contributed by atoms with van der Waals surface area (Å²) in [6.07, 6.45) is 0.184. The second kappa shape index (κ2) is 9.36. The summed E-state index contributed by atoms with van der Waals surface area (Å²) in [5.74, 6) is -1.04. The minimum absolute atomic E-state index is 0.0125. The monoisotopic (exact) mass is 493 g/mol. The van der Waals surface area contributed by atoms with E-state index < -0.39 is 21.7 Å². The first kappa shape index (κ1) is 23.0. The highest BCUT2D eigenvalue weighted by molar-refractivity contribution is 7.90. The molecule has 0 saturated carbocycles. The van der Waals surface area contributed by atoms with Gasteiger partial charge >= 0.3 is 5.97 Å². The van der Waals surface area contributed by atoms with Crippen LogP contribution in [0.4, 0.5) is 9.39 Å². The molecule has 1 amide bonds. The van der Waals surface area contributed by atoms with Gasteiger partial charge in [-0.05, 0) is 55.3 Å². The minimum Gasteiger partial charge on any atom is -0.486 e. The number of nitrogens with one attached hydrogen (secondary N) is 1. The SMILES string of the molecule is CCOC(=O)c1c(NC(=O)c2ccc(COc3ccc(F)cc3)o2)sc2c1CCS(=O)(=O)C2. The average molecular weight is 494 g/mol. The van der Waals surface area contributed by atoms with Crippen molar-refractivity contribution in [3.8, 4) is 5.75 Å². The number of amides is 1. The molecule has 8 nitrogen and oxygen atoms in total. The summed E-state index contributed by atoms with van der Waals surface area (Å²) in [7, 11) is -3.25. The predicted molar refractivity (Wildman–Crippen MR) is 119 cm³/mol. The third kappa shape index (κ3) is 5.25. The number of benzene rings is 1. The number of anilines is 1. The lowest BCUT2D eigenvalue weighted by Crippen LogP contribution is -2.20. The number of esters is 1. The zero-order valence-corrected chi connectivity index (χ0v) is 19.2. The lowest BCUT2D eigenvalue weighted by atomic mass is 10.1. The maximum absolute atomic E-state index is 13.0. The topological polar surface area (TPSA) is 112 Å². The lowest BCUT2D eigenvalue weighted by Gasteiger charge is -2.13. The first-order valence-corrected chi connectivity index (χ1v) is 12.7. The Hall–Kier alpha value is -3.18. The fourth-order valence-corrected chi connectivity index (χ4v) is 6.39. The van der Waals surface area contributed by atoms with E-state index in [1.54, 1.807) is 13.0 Å². The van der Waals surface area contributed by atoms with Crippen molar-refractivity contribution < 1.29 is 36.3 Å². The number of halogens is 1. The largest absolute Gasteiger partial charge is 0.486 e. The Kier molecular flexibility index (Phi) is 6.52. The standard InChI is InChI=1S/C22H20FNO7S2/c1-2-29-22(26)19-16-9-10-33(27,28)12-18(16)32-21(19)24-20(25)17-8-7-15(31-17)11-30-14-5-3-13(23)4-6-14/h3-8H,2,9-12H2,1H3,(H,24,25). The molecule has 3 heterocycles. The molecule has 11 heteroatoms. The molecule has 0 aliphatic carbocycles. The van der Waals surface area contributed by atoms with Gasteiger partial charge in [-0.25, -0.2) is 17.6 Å². The van der Waals surface area contributed by atoms with Gasteiger partial charge in [0, 0.05) is 4.88 Å². The van der Waals surface area contributed by atoms with Crippen molar-refractivity contribution in [2.45, 2.75) is 25.7 Å². The molecule has 0 bridgehead atoms. The van der Waals surface area contributed by atoms with E-state index in [2.05, 4.69) is 5.32 Å². The fourth-order valence-electron chi connectivity index (χ4n) is 3.36. The fraction of sp³-hybridized carbons (Fsp3) is 0.273. The van der Waals surface area contributed by atoms with Crippen molar-refractivity contribution in [1.82, 2.24) is 0 Å². The first-order valence-electron chi connectivity index (χ1n) is 10.1. The van der Waals surface area contributed by atoms with E-state index in [1.165, 1.54) is 30.3 Å². The lowest BCUT2D eigenvalue weighted by molar-refractivity contribution is 0.0526. The van der Waals surface area contributed by atoms with Crippen LogP contribution < -0.4 is 10.1 Å². The van der Waals surface area contributed by atoms with E-state index in [4.69, 9.17) is 13.9 Å². The smallest absolute Gasteiger partial charge is 0.341 e. The molecule has 4 rings (SSSR count). The van der Waals surface area contributed by atoms with Crippen LogP contribution in [0.1, 0.15) is 44.0 Å². The zero-order chi connectivity index (χ0) is 23.6. The van der Waals surface area contributed by atoms with E-state index in [0.717, 1.165) is 11.3 Å². The molecule has 1 aromatic carbocycles. The van der Waals surface area contributed by atoms with Gasteiger partial charge in [-0.2, -0.15) is 0 Å². The third-order valence-corrected chi connectivity index (χ3v) is 7.78. The molecular formula is C22H20FNO7S2. The minimum atomic E-state index is -3.25. The summed E-state index contributed by atoms with van der Waals surface area (Å²) >= 11 is 1.05. The van der Waals surface area contributed by atoms with E-state index in [0.29, 0.717) is 22.0 Å². The van der Waals surface area contributed by atoms with Crippen LogP contribution in [0, 0.1) is 5.82 Å². The normalized spacial score (nSPS) is 14.4. The van der Waals surface area contributed by atoms with Gasteiger partial charge in [-0.3, -0.25) is 4.79 Å². The van der Waals surface area contributed by atoms with Gasteiger partial charge in [0.15, 0.2) is 15.6 Å². The number of carbonyl (C=O) groups excluding carboxylic acids is 2. The van der Waals surface area contributed by atoms with Crippen molar-refractivity contribution in [2.24, 2.45) is 0 Å². The number of thiophene rings is 1. The summed E-state index contributed by atoms with van der Waals surface area (Å²) in [6, 6.07) is 8.51. The highest BCUT2D eigenvalue weighted by atomic mass is 32.2. The summed E-state index contributed by atoms with van der Waals surface area (Å²) in [5, 5.41) is 2.87. The molecule has 174 valence electrons. The molecule has 33 heavy (non-hydrogen) atoms. The third-order valence-electron chi connectivity index (χ3n) is 4.89. The van der Waals surface area contributed by atoms with Crippen LogP contribution in [0.15, 0.2) is 40.8 Å². The predicted octanol–water partition coefficient (Wildman–Crippen LogP) is 3.96. The number of fused-ring (bicyclic) bond motifs is 1. The van der Waals surface area contributed by atoms with Crippen LogP contribution in [0.3, 0.4) is 0 Å². The Balaban J connectivity index is 1.51. The number of rotatable bonds is 7. The number of furan rings is 1. The van der Waals surface area contributed by atoms with Gasteiger partial charge < -0.3 is 19.2 Å². The van der Waals surface area contributed by atoms with Crippen molar-refractivity contribution in [3.05, 3.63) is 69.7 Å². The Morgan fingerprint density at radius 1 is 1.18 bits per heavy atom. The number of sulfone groups is 1. The van der Waals surface area contributed by atoms with Gasteiger partial charge in [0.2, 0.25) is 0 Å². The van der Waals surface area contributed by atoms with Crippen molar-refractivity contribution in [2.75, 3.05) is 17.7 Å². The maximum atomic E-state index is 13.0. The molecule has 2 aromatic heterocycles. The van der Waals surface area contributed by atoms with Gasteiger partial charge in [0.25, 0.3) is 5.91 Å². The Bertz CT molecular complexity index is 1290.